The number of carboxylic acids is 1. The number of amides is 1. The number of benzene rings is 1. The van der Waals surface area contributed by atoms with Gasteiger partial charge in [0.25, 0.3) is 5.59 Å². The van der Waals surface area contributed by atoms with Crippen molar-refractivity contribution < 1.29 is 47.6 Å². The Balaban J connectivity index is 1.51. The van der Waals surface area contributed by atoms with Crippen molar-refractivity contribution in [2.45, 2.75) is 56.4 Å². The van der Waals surface area contributed by atoms with E-state index in [9.17, 15) is 47.7 Å². The highest BCUT2D eigenvalue weighted by Gasteiger charge is 2.56. The summed E-state index contributed by atoms with van der Waals surface area (Å²) in [7, 11) is -9.09. The molecule has 0 bridgehead atoms. The van der Waals surface area contributed by atoms with E-state index in [1.54, 1.807) is 6.07 Å². The minimum atomic E-state index is -5.19. The maximum Gasteiger partial charge on any atom is 0.408 e. The monoisotopic (exact) mass is 621 g/mol. The number of aryl methyl sites for hydroxylation is 1. The number of hydrogen-bond acceptors (Lipinski definition) is 7. The van der Waals surface area contributed by atoms with Crippen LogP contribution in [0.1, 0.15) is 48.1 Å². The van der Waals surface area contributed by atoms with E-state index in [1.165, 1.54) is 4.57 Å². The summed E-state index contributed by atoms with van der Waals surface area (Å²) >= 11 is 6.93. The summed E-state index contributed by atoms with van der Waals surface area (Å²) in [4.78, 5) is 67.0. The van der Waals surface area contributed by atoms with E-state index in [0.717, 1.165) is 6.20 Å². The largest absolute Gasteiger partial charge is 0.477 e. The van der Waals surface area contributed by atoms with Crippen LogP contribution >= 0.6 is 27.2 Å². The zero-order valence-corrected chi connectivity index (χ0v) is 23.7. The standard InChI is InChI=1S/C23H27ClFN3O10P2/c1-2-10-5-11-18(28(14-6-13(14)25)7-12(19(11)29)20(30)31)16(24)17(10)27-8-15(23(9-27)3-4-23)26-21(32)38-22(39(33)34)40(35,36)37/h5,7,13-15,22,39H,2-4,6,8-9H2,1H3,(H,26,32)(H,30,31)(H,33,34)(H2,35,36,37)/t13-,14?,15+,22?/m0/s1. The van der Waals surface area contributed by atoms with Gasteiger partial charge in [-0.3, -0.25) is 13.9 Å². The van der Waals surface area contributed by atoms with Gasteiger partial charge in [0.2, 0.25) is 13.5 Å². The second kappa shape index (κ2) is 10.1. The van der Waals surface area contributed by atoms with E-state index < -0.39 is 67.9 Å². The molecular formula is C23H27ClFN3O10P2. The van der Waals surface area contributed by atoms with Crippen LogP contribution in [0.3, 0.4) is 0 Å². The molecule has 1 aromatic carbocycles. The molecule has 2 saturated carbocycles. The number of pyridine rings is 1. The number of carbonyl (C=O) groups excluding carboxylic acids is 1. The molecule has 3 unspecified atom stereocenters. The molecule has 1 saturated heterocycles. The Bertz CT molecular complexity index is 1560. The van der Waals surface area contributed by atoms with Gasteiger partial charge < -0.3 is 39.3 Å². The van der Waals surface area contributed by atoms with Crippen molar-refractivity contribution in [2.75, 3.05) is 18.0 Å². The van der Waals surface area contributed by atoms with Crippen LogP contribution in [0.5, 0.6) is 0 Å². The minimum absolute atomic E-state index is 0.0610. The maximum atomic E-state index is 14.2. The summed E-state index contributed by atoms with van der Waals surface area (Å²) in [5.74, 6) is -1.43. The number of hydrogen-bond donors (Lipinski definition) is 5. The number of fused-ring (bicyclic) bond motifs is 1. The summed E-state index contributed by atoms with van der Waals surface area (Å²) in [5, 5.41) is 12.3. The Kier molecular flexibility index (Phi) is 7.34. The molecule has 2 aliphatic carbocycles. The topological polar surface area (TPSA) is 196 Å². The molecule has 5 N–H and O–H groups in total. The van der Waals surface area contributed by atoms with Gasteiger partial charge in [-0.05, 0) is 30.9 Å². The fraction of sp³-hybridized carbons (Fsp3) is 0.522. The lowest BCUT2D eigenvalue weighted by atomic mass is 10.0. The number of nitrogens with zero attached hydrogens (tertiary/aromatic N) is 2. The third-order valence-corrected chi connectivity index (χ3v) is 11.1. The zero-order valence-electron chi connectivity index (χ0n) is 21.0. The van der Waals surface area contributed by atoms with Gasteiger partial charge in [0.1, 0.15) is 11.7 Å². The summed E-state index contributed by atoms with van der Waals surface area (Å²) in [5.41, 5.74) is -2.72. The number of carbonyl (C=O) groups is 2. The van der Waals surface area contributed by atoms with Crippen LogP contribution in [-0.4, -0.2) is 67.3 Å². The van der Waals surface area contributed by atoms with Crippen molar-refractivity contribution in [3.8, 4) is 0 Å². The first kappa shape index (κ1) is 29.0. The molecule has 2 heterocycles. The first-order valence-corrected chi connectivity index (χ1v) is 16.0. The normalized spacial score (nSPS) is 24.6. The number of alkyl carbamates (subject to hydrolysis) is 1. The van der Waals surface area contributed by atoms with Gasteiger partial charge in [-0.25, -0.2) is 14.0 Å². The van der Waals surface area contributed by atoms with Gasteiger partial charge in [0.05, 0.1) is 28.3 Å². The number of carboxylic acid groups (broad SMARTS) is 1. The third-order valence-electron chi connectivity index (χ3n) is 7.84. The van der Waals surface area contributed by atoms with Gasteiger partial charge in [0.15, 0.2) is 0 Å². The van der Waals surface area contributed by atoms with Crippen molar-refractivity contribution in [1.29, 1.82) is 0 Å². The summed E-state index contributed by atoms with van der Waals surface area (Å²) in [6.45, 7) is 2.44. The Labute approximate surface area is 231 Å². The minimum Gasteiger partial charge on any atom is -0.477 e. The summed E-state index contributed by atoms with van der Waals surface area (Å²) < 4.78 is 43.1. The van der Waals surface area contributed by atoms with E-state index >= 15 is 0 Å². The molecule has 3 fully saturated rings. The van der Waals surface area contributed by atoms with Crippen molar-refractivity contribution in [2.24, 2.45) is 5.41 Å². The van der Waals surface area contributed by atoms with Gasteiger partial charge >= 0.3 is 19.7 Å². The number of halogens is 2. The van der Waals surface area contributed by atoms with E-state index in [0.29, 0.717) is 37.1 Å². The SMILES string of the molecule is CCc1cc2c(=O)c(C(=O)O)cn(C3C[C@@H]3F)c2c(Cl)c1N1C[C@@H](NC(=O)OC([PH](=O)O)P(=O)(O)O)C2(CC2)C1. The second-order valence-electron chi connectivity index (χ2n) is 10.5. The second-order valence-corrected chi connectivity index (χ2v) is 14.2. The quantitative estimate of drug-likeness (QED) is 0.272. The summed E-state index contributed by atoms with van der Waals surface area (Å²) in [6.07, 6.45) is 0.623. The lowest BCUT2D eigenvalue weighted by molar-refractivity contribution is 0.0694. The van der Waals surface area contributed by atoms with E-state index in [2.05, 4.69) is 10.1 Å². The molecule has 3 aliphatic rings. The molecule has 218 valence electrons. The predicted octanol–water partition coefficient (Wildman–Crippen LogP) is 2.82. The highest BCUT2D eigenvalue weighted by molar-refractivity contribution is 7.65. The zero-order chi connectivity index (χ0) is 29.3. The van der Waals surface area contributed by atoms with Crippen molar-refractivity contribution in [3.05, 3.63) is 38.6 Å². The highest BCUT2D eigenvalue weighted by Crippen LogP contribution is 2.56. The first-order chi connectivity index (χ1) is 18.7. The maximum absolute atomic E-state index is 14.2. The number of aromatic carboxylic acids is 1. The summed E-state index contributed by atoms with van der Waals surface area (Å²) in [6, 6.07) is 0.332. The molecule has 0 radical (unpaired) electrons. The fourth-order valence-corrected chi connectivity index (χ4v) is 7.56. The lowest BCUT2D eigenvalue weighted by Gasteiger charge is -2.26. The Hall–Kier alpha value is -2.47. The molecular weight excluding hydrogens is 595 g/mol. The molecule has 5 atom stereocenters. The van der Waals surface area contributed by atoms with E-state index in [1.807, 2.05) is 11.8 Å². The number of rotatable bonds is 8. The molecule has 40 heavy (non-hydrogen) atoms. The lowest BCUT2D eigenvalue weighted by Crippen LogP contribution is -2.42. The molecule has 1 amide bonds. The molecule has 13 nitrogen and oxygen atoms in total. The molecule has 17 heteroatoms. The van der Waals surface area contributed by atoms with Crippen LogP contribution < -0.4 is 15.6 Å². The molecule has 1 aromatic heterocycles. The Morgan fingerprint density at radius 2 is 2.02 bits per heavy atom. The average Bonchev–Trinajstić information content (AvgIpc) is 3.76. The van der Waals surface area contributed by atoms with Gasteiger partial charge in [-0.1, -0.05) is 18.5 Å². The van der Waals surface area contributed by atoms with Crippen molar-refractivity contribution in [1.82, 2.24) is 9.88 Å². The van der Waals surface area contributed by atoms with Crippen LogP contribution in [0.25, 0.3) is 10.9 Å². The Morgan fingerprint density at radius 1 is 1.38 bits per heavy atom. The molecule has 5 rings (SSSR count). The van der Waals surface area contributed by atoms with Crippen molar-refractivity contribution in [3.63, 3.8) is 0 Å². The smallest absolute Gasteiger partial charge is 0.408 e. The van der Waals surface area contributed by atoms with E-state index in [4.69, 9.17) is 11.6 Å². The van der Waals surface area contributed by atoms with Gasteiger partial charge in [0, 0.05) is 36.5 Å². The van der Waals surface area contributed by atoms with Crippen LogP contribution in [0.15, 0.2) is 17.1 Å². The van der Waals surface area contributed by atoms with Crippen LogP contribution in [0.2, 0.25) is 5.02 Å². The predicted molar refractivity (Wildman–Crippen MR) is 142 cm³/mol. The Morgan fingerprint density at radius 3 is 2.52 bits per heavy atom. The van der Waals surface area contributed by atoms with Gasteiger partial charge in [-0.2, -0.15) is 0 Å². The molecule has 1 aliphatic heterocycles. The van der Waals surface area contributed by atoms with Crippen LogP contribution in [0, 0.1) is 5.41 Å². The molecule has 2 aromatic rings. The number of anilines is 1. The van der Waals surface area contributed by atoms with Crippen molar-refractivity contribution >= 4 is 55.9 Å². The molecule has 1 spiro atoms. The third kappa shape index (κ3) is 5.06. The van der Waals surface area contributed by atoms with E-state index in [-0.39, 0.29) is 28.9 Å². The first-order valence-electron chi connectivity index (χ1n) is 12.5. The number of aromatic nitrogens is 1. The van der Waals surface area contributed by atoms with Crippen LogP contribution in [0.4, 0.5) is 14.9 Å². The number of alkyl halides is 1. The van der Waals surface area contributed by atoms with Gasteiger partial charge in [-0.15, -0.1) is 0 Å². The number of nitrogens with one attached hydrogen (secondary N) is 1. The average molecular weight is 622 g/mol. The van der Waals surface area contributed by atoms with Crippen LogP contribution in [-0.2, 0) is 20.3 Å². The number of ether oxygens (including phenoxy) is 1. The fourth-order valence-electron chi connectivity index (χ4n) is 5.53. The highest BCUT2D eigenvalue weighted by atomic mass is 35.5.